The SMILES string of the molecule is C1CC23CC1CC2C1CC2CCC1(C2)C3.C1CC23CC1CC2CC1CC2CCC13C2. The van der Waals surface area contributed by atoms with Crippen molar-refractivity contribution in [1.82, 2.24) is 0 Å². The maximum Gasteiger partial charge on any atom is -0.0207 e. The van der Waals surface area contributed by atoms with Gasteiger partial charge in [0.25, 0.3) is 0 Å². The Morgan fingerprint density at radius 3 is 1.37 bits per heavy atom. The molecule has 0 aliphatic heterocycles. The molecule has 8 bridgehead atoms. The lowest BCUT2D eigenvalue weighted by molar-refractivity contribution is 0.0400. The molecule has 10 saturated carbocycles. The Morgan fingerprint density at radius 2 is 0.900 bits per heavy atom. The first-order valence-electron chi connectivity index (χ1n) is 14.6. The van der Waals surface area contributed by atoms with Gasteiger partial charge in [-0.25, -0.2) is 0 Å². The molecule has 10 fully saturated rings. The molecule has 0 saturated heterocycles. The fraction of sp³-hybridized carbons (Fsp3) is 1.00. The number of hydrogen-bond donors (Lipinski definition) is 0. The fourth-order valence-electron chi connectivity index (χ4n) is 14.8. The highest BCUT2D eigenvalue weighted by Gasteiger charge is 2.73. The van der Waals surface area contributed by atoms with Crippen LogP contribution in [-0.4, -0.2) is 0 Å². The van der Waals surface area contributed by atoms with E-state index in [1.165, 1.54) is 47.3 Å². The van der Waals surface area contributed by atoms with E-state index >= 15 is 0 Å². The van der Waals surface area contributed by atoms with Gasteiger partial charge in [-0.05, 0) is 185 Å². The van der Waals surface area contributed by atoms with Crippen molar-refractivity contribution in [1.29, 1.82) is 0 Å². The Balaban J connectivity index is 0.0000000963. The minimum absolute atomic E-state index is 0.907. The molecule has 10 aliphatic carbocycles. The molecule has 10 aliphatic rings. The molecule has 0 N–H and O–H groups in total. The Labute approximate surface area is 184 Å². The van der Waals surface area contributed by atoms with Crippen LogP contribution < -0.4 is 0 Å². The highest BCUT2D eigenvalue weighted by molar-refractivity contribution is 5.22. The predicted molar refractivity (Wildman–Crippen MR) is 121 cm³/mol. The summed E-state index contributed by atoms with van der Waals surface area (Å²) < 4.78 is 0. The summed E-state index contributed by atoms with van der Waals surface area (Å²) >= 11 is 0. The third kappa shape index (κ3) is 1.78. The molecule has 0 aromatic rings. The molecule has 0 nitrogen and oxygen atoms in total. The summed E-state index contributed by atoms with van der Waals surface area (Å²) in [6.07, 6.45) is 29.5. The average Bonchev–Trinajstić information content (AvgIpc) is 3.57. The maximum absolute atomic E-state index is 1.68. The smallest absolute Gasteiger partial charge is 0.0207 e. The van der Waals surface area contributed by atoms with Crippen molar-refractivity contribution < 1.29 is 0 Å². The van der Waals surface area contributed by atoms with Crippen LogP contribution in [-0.2, 0) is 0 Å². The van der Waals surface area contributed by atoms with Crippen molar-refractivity contribution in [3.05, 3.63) is 0 Å². The minimum Gasteiger partial charge on any atom is -0.0499 e. The third-order valence-electron chi connectivity index (χ3n) is 15.1. The van der Waals surface area contributed by atoms with E-state index in [0.29, 0.717) is 0 Å². The lowest BCUT2D eigenvalue weighted by Gasteiger charge is -2.44. The first-order chi connectivity index (χ1) is 14.6. The highest BCUT2D eigenvalue weighted by atomic mass is 14.8. The molecule has 0 radical (unpaired) electrons. The zero-order valence-corrected chi connectivity index (χ0v) is 19.3. The topological polar surface area (TPSA) is 0 Å². The monoisotopic (exact) mass is 404 g/mol. The van der Waals surface area contributed by atoms with Crippen LogP contribution in [0.4, 0.5) is 0 Å². The Kier molecular flexibility index (Phi) is 3.04. The number of rotatable bonds is 0. The van der Waals surface area contributed by atoms with Crippen molar-refractivity contribution in [2.45, 2.75) is 116 Å². The van der Waals surface area contributed by atoms with Crippen LogP contribution in [0, 0.1) is 69.0 Å². The van der Waals surface area contributed by atoms with Gasteiger partial charge in [0.15, 0.2) is 0 Å². The lowest BCUT2D eigenvalue weighted by atomic mass is 9.60. The first kappa shape index (κ1) is 17.5. The second kappa shape index (κ2) is 5.22. The van der Waals surface area contributed by atoms with Gasteiger partial charge in [0.1, 0.15) is 0 Å². The Bertz CT molecular complexity index is 734. The Morgan fingerprint density at radius 1 is 0.433 bits per heavy atom. The molecule has 0 amide bonds. The standard InChI is InChI=1S/2C15H22/c1-3-14-8-10(1)5-12(14)7-13-6-11-2-4-15(13,14)9-11;1-3-14-7-10(1)5-12(14)13-6-11-2-4-15(13,8-11)9-14/h2*10-13H,1-9H2. The van der Waals surface area contributed by atoms with Gasteiger partial charge in [-0.2, -0.15) is 0 Å². The number of fused-ring (bicyclic) bond motifs is 5. The maximum atomic E-state index is 1.68. The molecule has 0 aromatic carbocycles. The van der Waals surface area contributed by atoms with E-state index in [-0.39, 0.29) is 0 Å². The van der Waals surface area contributed by atoms with Crippen molar-refractivity contribution in [2.75, 3.05) is 0 Å². The molecular weight excluding hydrogens is 360 g/mol. The minimum atomic E-state index is 0.907. The van der Waals surface area contributed by atoms with Crippen LogP contribution in [0.5, 0.6) is 0 Å². The van der Waals surface area contributed by atoms with E-state index in [1.54, 1.807) is 116 Å². The summed E-state index contributed by atoms with van der Waals surface area (Å²) in [5.74, 6) is 9.50. The van der Waals surface area contributed by atoms with Gasteiger partial charge in [-0.15, -0.1) is 0 Å². The second-order valence-electron chi connectivity index (χ2n) is 15.4. The van der Waals surface area contributed by atoms with Gasteiger partial charge in [-0.3, -0.25) is 0 Å². The van der Waals surface area contributed by atoms with Crippen LogP contribution in [0.1, 0.15) is 116 Å². The summed E-state index contributed by atoms with van der Waals surface area (Å²) in [5.41, 5.74) is 3.64. The van der Waals surface area contributed by atoms with Gasteiger partial charge >= 0.3 is 0 Å². The summed E-state index contributed by atoms with van der Waals surface area (Å²) in [4.78, 5) is 0. The fourth-order valence-corrected chi connectivity index (χ4v) is 14.8. The molecule has 12 unspecified atom stereocenters. The van der Waals surface area contributed by atoms with Crippen molar-refractivity contribution in [2.24, 2.45) is 69.0 Å². The molecule has 0 aromatic heterocycles. The van der Waals surface area contributed by atoms with Crippen LogP contribution in [0.2, 0.25) is 0 Å². The normalized spacial score (nSPS) is 68.8. The van der Waals surface area contributed by atoms with E-state index in [0.717, 1.165) is 21.7 Å². The Hall–Kier alpha value is 0. The summed E-state index contributed by atoms with van der Waals surface area (Å²) in [5, 5.41) is 0. The predicted octanol–water partition coefficient (Wildman–Crippen LogP) is 8.01. The van der Waals surface area contributed by atoms with E-state index in [9.17, 15) is 0 Å². The summed E-state index contributed by atoms with van der Waals surface area (Å²) in [6, 6.07) is 0. The van der Waals surface area contributed by atoms with Crippen LogP contribution in [0.3, 0.4) is 0 Å². The second-order valence-corrected chi connectivity index (χ2v) is 15.4. The quantitative estimate of drug-likeness (QED) is 0.383. The van der Waals surface area contributed by atoms with E-state index < -0.39 is 0 Å². The van der Waals surface area contributed by atoms with Gasteiger partial charge in [0.05, 0.1) is 0 Å². The molecule has 12 atom stereocenters. The molecule has 4 spiro atoms. The summed E-state index contributed by atoms with van der Waals surface area (Å²) in [7, 11) is 0. The zero-order chi connectivity index (χ0) is 19.3. The van der Waals surface area contributed by atoms with Gasteiger partial charge in [0.2, 0.25) is 0 Å². The van der Waals surface area contributed by atoms with Crippen molar-refractivity contribution in [3.63, 3.8) is 0 Å². The van der Waals surface area contributed by atoms with Crippen molar-refractivity contribution >= 4 is 0 Å². The van der Waals surface area contributed by atoms with Gasteiger partial charge in [-0.1, -0.05) is 0 Å². The zero-order valence-electron chi connectivity index (χ0n) is 19.3. The molecule has 0 heteroatoms. The van der Waals surface area contributed by atoms with E-state index in [4.69, 9.17) is 0 Å². The largest absolute Gasteiger partial charge is 0.0499 e. The first-order valence-corrected chi connectivity index (χ1v) is 14.6. The summed E-state index contributed by atoms with van der Waals surface area (Å²) in [6.45, 7) is 0. The van der Waals surface area contributed by atoms with Gasteiger partial charge < -0.3 is 0 Å². The van der Waals surface area contributed by atoms with Crippen molar-refractivity contribution in [3.8, 4) is 0 Å². The number of hydrogen-bond acceptors (Lipinski definition) is 0. The van der Waals surface area contributed by atoms with E-state index in [1.807, 2.05) is 0 Å². The molecule has 0 heterocycles. The molecule has 10 rings (SSSR count). The molecular formula is C30H44. The lowest BCUT2D eigenvalue weighted by Crippen LogP contribution is -2.37. The van der Waals surface area contributed by atoms with Crippen LogP contribution in [0.25, 0.3) is 0 Å². The molecule has 164 valence electrons. The third-order valence-corrected chi connectivity index (χ3v) is 15.1. The highest BCUT2D eigenvalue weighted by Crippen LogP contribution is 2.82. The van der Waals surface area contributed by atoms with Crippen LogP contribution in [0.15, 0.2) is 0 Å². The molecule has 30 heavy (non-hydrogen) atoms. The average molecular weight is 405 g/mol. The van der Waals surface area contributed by atoms with Gasteiger partial charge in [0, 0.05) is 0 Å². The van der Waals surface area contributed by atoms with E-state index in [2.05, 4.69) is 0 Å². The van der Waals surface area contributed by atoms with Crippen LogP contribution >= 0.6 is 0 Å².